The van der Waals surface area contributed by atoms with E-state index >= 15 is 0 Å². The first-order chi connectivity index (χ1) is 9.66. The van der Waals surface area contributed by atoms with Gasteiger partial charge in [0.2, 0.25) is 5.78 Å². The number of rotatable bonds is 2. The number of carbonyl (C=O) groups is 1. The van der Waals surface area contributed by atoms with Gasteiger partial charge >= 0.3 is 0 Å². The number of aryl methyl sites for hydroxylation is 1. The average molecular weight is 327 g/mol. The molecule has 3 rings (SSSR count). The normalized spacial score (nSPS) is 10.7. The molecule has 98 valence electrons. The van der Waals surface area contributed by atoms with Gasteiger partial charge in [-0.25, -0.2) is 4.98 Å². The predicted octanol–water partition coefficient (Wildman–Crippen LogP) is 3.93. The maximum Gasteiger partial charge on any atom is 0.214 e. The third-order valence-electron chi connectivity index (χ3n) is 3.18. The molecule has 1 aromatic carbocycles. The molecule has 0 radical (unpaired) electrons. The van der Waals surface area contributed by atoms with Gasteiger partial charge in [0.05, 0.1) is 5.52 Å². The fourth-order valence-electron chi connectivity index (χ4n) is 2.08. The quantitative estimate of drug-likeness (QED) is 0.670. The molecule has 0 amide bonds. The van der Waals surface area contributed by atoms with Crippen LogP contribution in [0.25, 0.3) is 10.9 Å². The van der Waals surface area contributed by atoms with Crippen LogP contribution in [-0.2, 0) is 0 Å². The smallest absolute Gasteiger partial charge is 0.214 e. The number of carbonyl (C=O) groups excluding carboxylic acids is 1. The van der Waals surface area contributed by atoms with Crippen LogP contribution in [0.2, 0.25) is 0 Å². The van der Waals surface area contributed by atoms with Crippen LogP contribution >= 0.6 is 15.9 Å². The summed E-state index contributed by atoms with van der Waals surface area (Å²) in [6, 6.07) is 11.5. The van der Waals surface area contributed by atoms with Gasteiger partial charge in [-0.2, -0.15) is 0 Å². The summed E-state index contributed by atoms with van der Waals surface area (Å²) >= 11 is 3.44. The molecule has 0 atom stereocenters. The number of aromatic nitrogens is 2. The lowest BCUT2D eigenvalue weighted by molar-refractivity contribution is 0.103. The zero-order valence-corrected chi connectivity index (χ0v) is 12.4. The molecule has 20 heavy (non-hydrogen) atoms. The Kier molecular flexibility index (Phi) is 3.32. The highest BCUT2D eigenvalue weighted by Gasteiger charge is 2.17. The monoisotopic (exact) mass is 326 g/mol. The van der Waals surface area contributed by atoms with E-state index in [1.165, 1.54) is 0 Å². The van der Waals surface area contributed by atoms with Crippen molar-refractivity contribution in [1.82, 2.24) is 9.97 Å². The number of hydrogen-bond acceptors (Lipinski definition) is 3. The van der Waals surface area contributed by atoms with E-state index in [1.54, 1.807) is 12.4 Å². The third kappa shape index (κ3) is 2.23. The number of benzene rings is 1. The number of fused-ring (bicyclic) bond motifs is 1. The van der Waals surface area contributed by atoms with Crippen LogP contribution in [0.3, 0.4) is 0 Å². The molecular formula is C16H11BrN2O. The number of para-hydroxylation sites is 1. The summed E-state index contributed by atoms with van der Waals surface area (Å²) in [5.41, 5.74) is 2.70. The van der Waals surface area contributed by atoms with Crippen molar-refractivity contribution in [1.29, 1.82) is 0 Å². The first kappa shape index (κ1) is 12.9. The molecule has 0 fully saturated rings. The molecule has 0 N–H and O–H groups in total. The Hall–Kier alpha value is -2.07. The van der Waals surface area contributed by atoms with Gasteiger partial charge in [-0.1, -0.05) is 18.2 Å². The minimum Gasteiger partial charge on any atom is -0.287 e. The molecule has 0 aliphatic carbocycles. The Labute approximate surface area is 124 Å². The minimum absolute atomic E-state index is 0.117. The van der Waals surface area contributed by atoms with E-state index in [2.05, 4.69) is 25.9 Å². The molecule has 4 heteroatoms. The van der Waals surface area contributed by atoms with Crippen molar-refractivity contribution in [3.05, 3.63) is 70.1 Å². The van der Waals surface area contributed by atoms with Crippen molar-refractivity contribution >= 4 is 32.6 Å². The highest BCUT2D eigenvalue weighted by molar-refractivity contribution is 9.10. The lowest BCUT2D eigenvalue weighted by Gasteiger charge is -2.07. The first-order valence-electron chi connectivity index (χ1n) is 6.17. The number of hydrogen-bond donors (Lipinski definition) is 0. The van der Waals surface area contributed by atoms with Crippen molar-refractivity contribution < 1.29 is 4.79 Å². The Balaban J connectivity index is 2.17. The van der Waals surface area contributed by atoms with E-state index in [9.17, 15) is 4.79 Å². The molecule has 0 aliphatic heterocycles. The van der Waals surface area contributed by atoms with Crippen LogP contribution in [0.15, 0.2) is 53.3 Å². The van der Waals surface area contributed by atoms with Gasteiger partial charge < -0.3 is 0 Å². The molecule has 0 bridgehead atoms. The molecule has 3 aromatic rings. The second kappa shape index (κ2) is 5.13. The summed E-state index contributed by atoms with van der Waals surface area (Å²) in [7, 11) is 0. The van der Waals surface area contributed by atoms with Crippen molar-refractivity contribution in [2.24, 2.45) is 0 Å². The van der Waals surface area contributed by atoms with Crippen molar-refractivity contribution in [3.8, 4) is 0 Å². The summed E-state index contributed by atoms with van der Waals surface area (Å²) in [6.45, 7) is 1.89. The van der Waals surface area contributed by atoms with E-state index in [0.29, 0.717) is 15.7 Å². The zero-order chi connectivity index (χ0) is 14.1. The van der Waals surface area contributed by atoms with Gasteiger partial charge in [-0.15, -0.1) is 0 Å². The Morgan fingerprint density at radius 3 is 2.80 bits per heavy atom. The maximum absolute atomic E-state index is 12.6. The van der Waals surface area contributed by atoms with E-state index < -0.39 is 0 Å². The van der Waals surface area contributed by atoms with Gasteiger partial charge in [-0.3, -0.25) is 9.78 Å². The van der Waals surface area contributed by atoms with Crippen molar-refractivity contribution in [3.63, 3.8) is 0 Å². The predicted molar refractivity (Wildman–Crippen MR) is 81.8 cm³/mol. The van der Waals surface area contributed by atoms with Gasteiger partial charge in [0.25, 0.3) is 0 Å². The van der Waals surface area contributed by atoms with Crippen molar-refractivity contribution in [2.45, 2.75) is 6.92 Å². The van der Waals surface area contributed by atoms with E-state index in [4.69, 9.17) is 0 Å². The standard InChI is InChI=1S/C16H11BrN2O/c1-10-6-7-18-9-12(10)16(20)15-13(17)8-11-4-2-3-5-14(11)19-15/h2-9H,1H3. The summed E-state index contributed by atoms with van der Waals surface area (Å²) in [4.78, 5) is 21.1. The highest BCUT2D eigenvalue weighted by Crippen LogP contribution is 2.24. The van der Waals surface area contributed by atoms with Gasteiger partial charge in [0.15, 0.2) is 0 Å². The lowest BCUT2D eigenvalue weighted by atomic mass is 10.0. The van der Waals surface area contributed by atoms with E-state index in [1.807, 2.05) is 43.3 Å². The first-order valence-corrected chi connectivity index (χ1v) is 6.97. The van der Waals surface area contributed by atoms with Gasteiger partial charge in [0, 0.05) is 27.8 Å². The SMILES string of the molecule is Cc1ccncc1C(=O)c1nc2ccccc2cc1Br. The van der Waals surface area contributed by atoms with Crippen LogP contribution in [0.5, 0.6) is 0 Å². The molecule has 2 heterocycles. The van der Waals surface area contributed by atoms with E-state index in [0.717, 1.165) is 16.5 Å². The Morgan fingerprint density at radius 1 is 1.20 bits per heavy atom. The van der Waals surface area contributed by atoms with Crippen LogP contribution in [0.1, 0.15) is 21.6 Å². The summed E-state index contributed by atoms with van der Waals surface area (Å²) in [6.07, 6.45) is 3.26. The van der Waals surface area contributed by atoms with Crippen molar-refractivity contribution in [2.75, 3.05) is 0 Å². The molecular weight excluding hydrogens is 316 g/mol. The average Bonchev–Trinajstić information content (AvgIpc) is 2.46. The minimum atomic E-state index is -0.117. The fourth-order valence-corrected chi connectivity index (χ4v) is 2.59. The summed E-state index contributed by atoms with van der Waals surface area (Å²) in [5, 5.41) is 0.999. The van der Waals surface area contributed by atoms with Crippen LogP contribution in [0, 0.1) is 6.92 Å². The van der Waals surface area contributed by atoms with Gasteiger partial charge in [0.1, 0.15) is 5.69 Å². The number of pyridine rings is 2. The van der Waals surface area contributed by atoms with E-state index in [-0.39, 0.29) is 5.78 Å². The number of halogens is 1. The second-order valence-corrected chi connectivity index (χ2v) is 5.39. The Morgan fingerprint density at radius 2 is 2.00 bits per heavy atom. The summed E-state index contributed by atoms with van der Waals surface area (Å²) in [5.74, 6) is -0.117. The zero-order valence-electron chi connectivity index (χ0n) is 10.8. The molecule has 3 nitrogen and oxygen atoms in total. The highest BCUT2D eigenvalue weighted by atomic mass is 79.9. The molecule has 0 saturated heterocycles. The number of nitrogens with zero attached hydrogens (tertiary/aromatic N) is 2. The number of ketones is 1. The van der Waals surface area contributed by atoms with Crippen LogP contribution in [0.4, 0.5) is 0 Å². The molecule has 0 saturated carbocycles. The summed E-state index contributed by atoms with van der Waals surface area (Å²) < 4.78 is 0.699. The topological polar surface area (TPSA) is 42.9 Å². The third-order valence-corrected chi connectivity index (χ3v) is 3.78. The molecule has 0 spiro atoms. The molecule has 0 unspecified atom stereocenters. The largest absolute Gasteiger partial charge is 0.287 e. The molecule has 2 aromatic heterocycles. The van der Waals surface area contributed by atoms with Crippen LogP contribution < -0.4 is 0 Å². The lowest BCUT2D eigenvalue weighted by Crippen LogP contribution is -2.07. The maximum atomic E-state index is 12.6. The Bertz CT molecular complexity index is 814. The van der Waals surface area contributed by atoms with Gasteiger partial charge in [-0.05, 0) is 46.6 Å². The second-order valence-electron chi connectivity index (χ2n) is 4.53. The molecule has 0 aliphatic rings. The fraction of sp³-hybridized carbons (Fsp3) is 0.0625. The van der Waals surface area contributed by atoms with Crippen LogP contribution in [-0.4, -0.2) is 15.8 Å².